The van der Waals surface area contributed by atoms with Crippen molar-refractivity contribution in [2.45, 2.75) is 50.5 Å². The van der Waals surface area contributed by atoms with E-state index < -0.39 is 6.10 Å². The van der Waals surface area contributed by atoms with Gasteiger partial charge in [0.2, 0.25) is 5.91 Å². The Morgan fingerprint density at radius 1 is 1.12 bits per heavy atom. The van der Waals surface area contributed by atoms with Gasteiger partial charge in [0.05, 0.1) is 32.0 Å². The summed E-state index contributed by atoms with van der Waals surface area (Å²) in [6, 6.07) is 15.7. The average Bonchev–Trinajstić information content (AvgIpc) is 3.18. The van der Waals surface area contributed by atoms with Gasteiger partial charge in [0.15, 0.2) is 0 Å². The minimum Gasteiger partial charge on any atom is -0.497 e. The molecule has 1 unspecified atom stereocenters. The molecule has 0 saturated heterocycles. The third-order valence-corrected chi connectivity index (χ3v) is 6.63. The summed E-state index contributed by atoms with van der Waals surface area (Å²) in [5, 5.41) is 17.8. The molecule has 2 aliphatic rings. The van der Waals surface area contributed by atoms with E-state index in [1.165, 1.54) is 0 Å². The fourth-order valence-electron chi connectivity index (χ4n) is 4.62. The van der Waals surface area contributed by atoms with Crippen molar-refractivity contribution >= 4 is 5.91 Å². The Morgan fingerprint density at radius 2 is 1.94 bits per heavy atom. The first kappa shape index (κ1) is 23.5. The summed E-state index contributed by atoms with van der Waals surface area (Å²) < 4.78 is 11.6. The number of fused-ring (bicyclic) bond motifs is 5. The van der Waals surface area contributed by atoms with Gasteiger partial charge in [-0.3, -0.25) is 4.79 Å². The van der Waals surface area contributed by atoms with E-state index in [4.69, 9.17) is 9.47 Å². The molecule has 0 fully saturated rings. The highest BCUT2D eigenvalue weighted by Gasteiger charge is 2.33. The number of amides is 1. The molecule has 0 saturated carbocycles. The molecule has 2 aromatic carbocycles. The lowest BCUT2D eigenvalue weighted by Crippen LogP contribution is -2.50. The highest BCUT2D eigenvalue weighted by atomic mass is 16.5. The van der Waals surface area contributed by atoms with Gasteiger partial charge in [-0.25, -0.2) is 0 Å². The second-order valence-electron chi connectivity index (χ2n) is 8.99. The zero-order valence-corrected chi connectivity index (χ0v) is 19.4. The molecule has 0 radical (unpaired) electrons. The van der Waals surface area contributed by atoms with Gasteiger partial charge in [0, 0.05) is 18.5 Å². The first-order valence-electron chi connectivity index (χ1n) is 11.8. The Bertz CT molecular complexity index is 962. The molecule has 4 rings (SSSR count). The van der Waals surface area contributed by atoms with Gasteiger partial charge in [-0.15, -0.1) is 0 Å². The van der Waals surface area contributed by atoms with Crippen molar-refractivity contribution in [3.05, 3.63) is 77.4 Å². The van der Waals surface area contributed by atoms with Gasteiger partial charge in [0.25, 0.3) is 0 Å². The second kappa shape index (κ2) is 11.0. The van der Waals surface area contributed by atoms with Gasteiger partial charge in [0.1, 0.15) is 5.75 Å². The van der Waals surface area contributed by atoms with E-state index in [1.54, 1.807) is 7.11 Å². The lowest BCUT2D eigenvalue weighted by molar-refractivity contribution is -0.126. The topological polar surface area (TPSA) is 79.8 Å². The van der Waals surface area contributed by atoms with Crippen molar-refractivity contribution in [2.24, 2.45) is 5.92 Å². The molecule has 6 nitrogen and oxygen atoms in total. The van der Waals surface area contributed by atoms with Crippen LogP contribution in [0.5, 0.6) is 5.75 Å². The van der Waals surface area contributed by atoms with Crippen molar-refractivity contribution in [3.63, 3.8) is 0 Å². The molecule has 2 bridgehead atoms. The van der Waals surface area contributed by atoms with E-state index in [0.717, 1.165) is 28.9 Å². The largest absolute Gasteiger partial charge is 0.497 e. The highest BCUT2D eigenvalue weighted by Crippen LogP contribution is 2.42. The second-order valence-corrected chi connectivity index (χ2v) is 8.99. The zero-order chi connectivity index (χ0) is 23.2. The van der Waals surface area contributed by atoms with Gasteiger partial charge >= 0.3 is 0 Å². The van der Waals surface area contributed by atoms with Crippen molar-refractivity contribution < 1.29 is 19.4 Å². The molecule has 3 N–H and O–H groups in total. The average molecular weight is 451 g/mol. The number of rotatable bonds is 3. The third kappa shape index (κ3) is 5.82. The molecule has 0 spiro atoms. The van der Waals surface area contributed by atoms with E-state index in [1.807, 2.05) is 61.5 Å². The molecule has 2 aromatic rings. The molecule has 33 heavy (non-hydrogen) atoms. The number of hydrogen-bond acceptors (Lipinski definition) is 5. The number of methoxy groups -OCH3 is 1. The summed E-state index contributed by atoms with van der Waals surface area (Å²) >= 11 is 0. The number of nitrogens with one attached hydrogen (secondary N) is 2. The highest BCUT2D eigenvalue weighted by molar-refractivity contribution is 5.78. The van der Waals surface area contributed by atoms with Crippen LogP contribution in [0.3, 0.4) is 0 Å². The van der Waals surface area contributed by atoms with E-state index in [9.17, 15) is 9.90 Å². The molecule has 1 heterocycles. The summed E-state index contributed by atoms with van der Waals surface area (Å²) in [4.78, 5) is 12.8. The fraction of sp³-hybridized carbons (Fsp3) is 0.444. The van der Waals surface area contributed by atoms with Gasteiger partial charge in [-0.2, -0.15) is 0 Å². The molecule has 1 amide bonds. The lowest BCUT2D eigenvalue weighted by atomic mass is 9.98. The molecular weight excluding hydrogens is 416 g/mol. The monoisotopic (exact) mass is 450 g/mol. The maximum Gasteiger partial charge on any atom is 0.223 e. The maximum absolute atomic E-state index is 12.8. The quantitative estimate of drug-likeness (QED) is 0.624. The Hall–Kier alpha value is -2.67. The Kier molecular flexibility index (Phi) is 7.81. The summed E-state index contributed by atoms with van der Waals surface area (Å²) in [5.74, 6) is 0.570. The van der Waals surface area contributed by atoms with E-state index >= 15 is 0 Å². The number of ether oxygens (including phenoxy) is 2. The molecule has 1 aliphatic heterocycles. The Balaban J connectivity index is 1.57. The summed E-state index contributed by atoms with van der Waals surface area (Å²) in [6.07, 6.45) is 5.22. The van der Waals surface area contributed by atoms with Crippen LogP contribution in [0.1, 0.15) is 48.6 Å². The van der Waals surface area contributed by atoms with Crippen LogP contribution in [-0.2, 0) is 16.0 Å². The van der Waals surface area contributed by atoms with Crippen LogP contribution in [0.2, 0.25) is 0 Å². The van der Waals surface area contributed by atoms with Crippen molar-refractivity contribution in [3.8, 4) is 5.75 Å². The fourth-order valence-corrected chi connectivity index (χ4v) is 4.62. The number of β-amino-alcohol motifs (C(OH)–C–C–N with tert-alkyl or cyclic N) is 1. The number of aliphatic hydroxyl groups excluding tert-OH is 1. The van der Waals surface area contributed by atoms with Crippen LogP contribution >= 0.6 is 0 Å². The standard InChI is InChI=1S/C27H34N2O4/c1-18-8-6-7-13-33-26-16-23(22-15-20(32-2)11-12-21(22)26)28-17-25(30)24(29-27(18)31)14-19-9-4-3-5-10-19/h3-7,9-12,15,18,23-26,28,30H,8,13-14,16-17H2,1-2H3,(H,29,31)/b7-6+/t18?,23-,24-,25+,26+/m0/s1. The molecule has 6 heteroatoms. The minimum absolute atomic E-state index is 0.0207. The van der Waals surface area contributed by atoms with Crippen molar-refractivity contribution in [2.75, 3.05) is 20.3 Å². The molecular formula is C27H34N2O4. The summed E-state index contributed by atoms with van der Waals surface area (Å²) in [7, 11) is 1.66. The third-order valence-electron chi connectivity index (χ3n) is 6.63. The van der Waals surface area contributed by atoms with Crippen molar-refractivity contribution in [1.82, 2.24) is 10.6 Å². The molecule has 5 atom stereocenters. The molecule has 176 valence electrons. The molecule has 1 aliphatic carbocycles. The predicted octanol–water partition coefficient (Wildman–Crippen LogP) is 3.47. The van der Waals surface area contributed by atoms with Crippen LogP contribution < -0.4 is 15.4 Å². The van der Waals surface area contributed by atoms with Gasteiger partial charge in [-0.05, 0) is 48.1 Å². The van der Waals surface area contributed by atoms with Crippen LogP contribution in [0, 0.1) is 5.92 Å². The first-order chi connectivity index (χ1) is 16.0. The number of allylic oxidation sites excluding steroid dienone is 1. The Labute approximate surface area is 196 Å². The smallest absolute Gasteiger partial charge is 0.223 e. The maximum atomic E-state index is 12.8. The summed E-state index contributed by atoms with van der Waals surface area (Å²) in [5.41, 5.74) is 3.38. The SMILES string of the molecule is COc1ccc2c(c1)[C@@H]1C[C@H]2OC/C=C/CC(C)C(=O)N[C@@H](Cc2ccccc2)[C@H](O)CN1. The predicted molar refractivity (Wildman–Crippen MR) is 128 cm³/mol. The van der Waals surface area contributed by atoms with Crippen LogP contribution in [0.15, 0.2) is 60.7 Å². The minimum atomic E-state index is -0.740. The van der Waals surface area contributed by atoms with Gasteiger partial charge < -0.3 is 25.2 Å². The van der Waals surface area contributed by atoms with Gasteiger partial charge in [-0.1, -0.05) is 55.5 Å². The van der Waals surface area contributed by atoms with Crippen LogP contribution in [-0.4, -0.2) is 43.4 Å². The normalized spacial score (nSPS) is 29.3. The van der Waals surface area contributed by atoms with Crippen molar-refractivity contribution in [1.29, 1.82) is 0 Å². The summed E-state index contributed by atoms with van der Waals surface area (Å²) in [6.45, 7) is 2.77. The zero-order valence-electron chi connectivity index (χ0n) is 19.4. The van der Waals surface area contributed by atoms with E-state index in [0.29, 0.717) is 26.0 Å². The van der Waals surface area contributed by atoms with E-state index in [2.05, 4.69) is 16.7 Å². The lowest BCUT2D eigenvalue weighted by Gasteiger charge is -2.27. The number of aliphatic hydroxyl groups is 1. The number of hydrogen-bond donors (Lipinski definition) is 3. The van der Waals surface area contributed by atoms with Crippen LogP contribution in [0.4, 0.5) is 0 Å². The number of carbonyl (C=O) groups excluding carboxylic acids is 1. The number of benzene rings is 2. The first-order valence-corrected chi connectivity index (χ1v) is 11.8. The van der Waals surface area contributed by atoms with E-state index in [-0.39, 0.29) is 30.0 Å². The Morgan fingerprint density at radius 3 is 2.73 bits per heavy atom. The number of carbonyl (C=O) groups is 1. The molecule has 0 aromatic heterocycles. The van der Waals surface area contributed by atoms with Crippen LogP contribution in [0.25, 0.3) is 0 Å².